The standard InChI is InChI=1S/C15H30BrN/c1-12(2)13-6-8-17(9-7-13)11-14(10-16)15(3,4)5/h12-14H,6-11H2,1-5H3. The maximum Gasteiger partial charge on any atom is 0.00768 e. The topological polar surface area (TPSA) is 3.24 Å². The lowest BCUT2D eigenvalue weighted by Gasteiger charge is -2.39. The summed E-state index contributed by atoms with van der Waals surface area (Å²) in [5.41, 5.74) is 0.415. The number of hydrogen-bond donors (Lipinski definition) is 0. The fourth-order valence-electron chi connectivity index (χ4n) is 2.67. The molecular weight excluding hydrogens is 274 g/mol. The molecule has 1 unspecified atom stereocenters. The molecule has 0 aliphatic carbocycles. The second kappa shape index (κ2) is 6.56. The summed E-state index contributed by atoms with van der Waals surface area (Å²) in [6.45, 7) is 15.7. The van der Waals surface area contributed by atoms with Crippen molar-refractivity contribution in [2.24, 2.45) is 23.2 Å². The molecule has 0 bridgehead atoms. The van der Waals surface area contributed by atoms with Crippen molar-refractivity contribution in [2.75, 3.05) is 25.0 Å². The van der Waals surface area contributed by atoms with E-state index in [0.717, 1.165) is 23.1 Å². The van der Waals surface area contributed by atoms with Crippen molar-refractivity contribution in [3.63, 3.8) is 0 Å². The van der Waals surface area contributed by atoms with Gasteiger partial charge < -0.3 is 4.90 Å². The molecule has 17 heavy (non-hydrogen) atoms. The van der Waals surface area contributed by atoms with Crippen LogP contribution in [0.5, 0.6) is 0 Å². The summed E-state index contributed by atoms with van der Waals surface area (Å²) in [5.74, 6) is 2.59. The molecule has 1 saturated heterocycles. The summed E-state index contributed by atoms with van der Waals surface area (Å²) >= 11 is 3.69. The lowest BCUT2D eigenvalue weighted by atomic mass is 9.80. The minimum absolute atomic E-state index is 0.415. The van der Waals surface area contributed by atoms with Crippen LogP contribution in [0.4, 0.5) is 0 Å². The fourth-order valence-corrected chi connectivity index (χ4v) is 3.84. The number of hydrogen-bond acceptors (Lipinski definition) is 1. The lowest BCUT2D eigenvalue weighted by molar-refractivity contribution is 0.112. The second-order valence-corrected chi connectivity index (χ2v) is 7.75. The highest BCUT2D eigenvalue weighted by Crippen LogP contribution is 2.30. The molecule has 0 aromatic rings. The molecule has 0 aromatic heterocycles. The molecule has 1 fully saturated rings. The molecule has 0 aromatic carbocycles. The van der Waals surface area contributed by atoms with Crippen LogP contribution in [0.1, 0.15) is 47.5 Å². The molecule has 0 spiro atoms. The van der Waals surface area contributed by atoms with E-state index in [1.165, 1.54) is 32.5 Å². The first-order valence-corrected chi connectivity index (χ1v) is 8.25. The van der Waals surface area contributed by atoms with Crippen LogP contribution in [0.2, 0.25) is 0 Å². The van der Waals surface area contributed by atoms with Crippen molar-refractivity contribution in [1.82, 2.24) is 4.90 Å². The molecule has 2 heteroatoms. The van der Waals surface area contributed by atoms with Crippen LogP contribution in [0.15, 0.2) is 0 Å². The minimum Gasteiger partial charge on any atom is -0.303 e. The highest BCUT2D eigenvalue weighted by Gasteiger charge is 2.28. The lowest BCUT2D eigenvalue weighted by Crippen LogP contribution is -2.41. The number of rotatable bonds is 4. The third kappa shape index (κ3) is 4.90. The van der Waals surface area contributed by atoms with Crippen LogP contribution in [-0.4, -0.2) is 29.9 Å². The Morgan fingerprint density at radius 1 is 1.18 bits per heavy atom. The van der Waals surface area contributed by atoms with Crippen molar-refractivity contribution < 1.29 is 0 Å². The molecule has 0 radical (unpaired) electrons. The molecule has 1 aliphatic rings. The smallest absolute Gasteiger partial charge is 0.00768 e. The number of likely N-dealkylation sites (tertiary alicyclic amines) is 1. The Hall–Kier alpha value is 0.440. The maximum absolute atomic E-state index is 3.69. The SMILES string of the molecule is CC(C)C1CCN(CC(CBr)C(C)(C)C)CC1. The molecule has 1 rings (SSSR count). The van der Waals surface area contributed by atoms with Gasteiger partial charge in [-0.25, -0.2) is 0 Å². The van der Waals surface area contributed by atoms with Gasteiger partial charge in [0.25, 0.3) is 0 Å². The molecule has 1 heterocycles. The van der Waals surface area contributed by atoms with Gasteiger partial charge in [0.15, 0.2) is 0 Å². The predicted molar refractivity (Wildman–Crippen MR) is 80.7 cm³/mol. The van der Waals surface area contributed by atoms with E-state index in [1.807, 2.05) is 0 Å². The van der Waals surface area contributed by atoms with Crippen molar-refractivity contribution in [2.45, 2.75) is 47.5 Å². The Morgan fingerprint density at radius 2 is 1.71 bits per heavy atom. The van der Waals surface area contributed by atoms with Crippen LogP contribution in [-0.2, 0) is 0 Å². The summed E-state index contributed by atoms with van der Waals surface area (Å²) in [6.07, 6.45) is 2.80. The number of piperidine rings is 1. The largest absolute Gasteiger partial charge is 0.303 e. The van der Waals surface area contributed by atoms with Crippen LogP contribution in [0, 0.1) is 23.2 Å². The Bertz CT molecular complexity index is 211. The molecule has 0 saturated carbocycles. The third-order valence-electron chi connectivity index (χ3n) is 4.46. The first-order chi connectivity index (χ1) is 7.84. The van der Waals surface area contributed by atoms with E-state index in [2.05, 4.69) is 55.4 Å². The van der Waals surface area contributed by atoms with E-state index in [1.54, 1.807) is 0 Å². The van der Waals surface area contributed by atoms with E-state index in [9.17, 15) is 0 Å². The highest BCUT2D eigenvalue weighted by molar-refractivity contribution is 9.09. The van der Waals surface area contributed by atoms with E-state index in [0.29, 0.717) is 5.41 Å². The van der Waals surface area contributed by atoms with Crippen molar-refractivity contribution >= 4 is 15.9 Å². The summed E-state index contributed by atoms with van der Waals surface area (Å²) in [6, 6.07) is 0. The zero-order valence-electron chi connectivity index (χ0n) is 12.3. The van der Waals surface area contributed by atoms with Gasteiger partial charge in [-0.15, -0.1) is 0 Å². The monoisotopic (exact) mass is 303 g/mol. The maximum atomic E-state index is 3.69. The van der Waals surface area contributed by atoms with Gasteiger partial charge in [0.05, 0.1) is 0 Å². The van der Waals surface area contributed by atoms with Crippen molar-refractivity contribution in [3.8, 4) is 0 Å². The zero-order valence-corrected chi connectivity index (χ0v) is 13.9. The van der Waals surface area contributed by atoms with Crippen molar-refractivity contribution in [3.05, 3.63) is 0 Å². The quantitative estimate of drug-likeness (QED) is 0.695. The fraction of sp³-hybridized carbons (Fsp3) is 1.00. The van der Waals surface area contributed by atoms with Crippen LogP contribution < -0.4 is 0 Å². The van der Waals surface area contributed by atoms with Crippen LogP contribution in [0.25, 0.3) is 0 Å². The average molecular weight is 304 g/mol. The summed E-state index contributed by atoms with van der Waals surface area (Å²) in [4.78, 5) is 2.68. The Balaban J connectivity index is 2.39. The minimum atomic E-state index is 0.415. The van der Waals surface area contributed by atoms with Crippen LogP contribution in [0.3, 0.4) is 0 Å². The molecular formula is C15H30BrN. The summed E-state index contributed by atoms with van der Waals surface area (Å²) in [7, 11) is 0. The second-order valence-electron chi connectivity index (χ2n) is 7.10. The van der Waals surface area contributed by atoms with E-state index in [-0.39, 0.29) is 0 Å². The van der Waals surface area contributed by atoms with Gasteiger partial charge in [-0.05, 0) is 49.1 Å². The first-order valence-electron chi connectivity index (χ1n) is 7.13. The van der Waals surface area contributed by atoms with Crippen LogP contribution >= 0.6 is 15.9 Å². The molecule has 102 valence electrons. The first kappa shape index (κ1) is 15.5. The summed E-state index contributed by atoms with van der Waals surface area (Å²) < 4.78 is 0. The average Bonchev–Trinajstić information content (AvgIpc) is 2.24. The van der Waals surface area contributed by atoms with Gasteiger partial charge in [-0.1, -0.05) is 50.5 Å². The zero-order chi connectivity index (χ0) is 13.1. The van der Waals surface area contributed by atoms with E-state index < -0.39 is 0 Å². The summed E-state index contributed by atoms with van der Waals surface area (Å²) in [5, 5.41) is 1.13. The van der Waals surface area contributed by atoms with E-state index in [4.69, 9.17) is 0 Å². The van der Waals surface area contributed by atoms with Gasteiger partial charge in [0, 0.05) is 11.9 Å². The molecule has 1 nitrogen and oxygen atoms in total. The van der Waals surface area contributed by atoms with Gasteiger partial charge in [0.1, 0.15) is 0 Å². The predicted octanol–water partition coefficient (Wildman–Crippen LogP) is 4.41. The van der Waals surface area contributed by atoms with Gasteiger partial charge >= 0.3 is 0 Å². The number of alkyl halides is 1. The van der Waals surface area contributed by atoms with Crippen molar-refractivity contribution in [1.29, 1.82) is 0 Å². The third-order valence-corrected chi connectivity index (χ3v) is 5.25. The van der Waals surface area contributed by atoms with E-state index >= 15 is 0 Å². The number of halogens is 1. The Labute approximate surface area is 116 Å². The number of nitrogens with zero attached hydrogens (tertiary/aromatic N) is 1. The van der Waals surface area contributed by atoms with Gasteiger partial charge in [-0.3, -0.25) is 0 Å². The molecule has 1 atom stereocenters. The van der Waals surface area contributed by atoms with Gasteiger partial charge in [0.2, 0.25) is 0 Å². The van der Waals surface area contributed by atoms with Gasteiger partial charge in [-0.2, -0.15) is 0 Å². The molecule has 1 aliphatic heterocycles. The Morgan fingerprint density at radius 3 is 2.06 bits per heavy atom. The normalized spacial score (nSPS) is 22.1. The Kier molecular flexibility index (Phi) is 5.98. The molecule has 0 N–H and O–H groups in total. The molecule has 0 amide bonds. The highest BCUT2D eigenvalue weighted by atomic mass is 79.9.